The van der Waals surface area contributed by atoms with Crippen molar-refractivity contribution in [2.45, 2.75) is 47.1 Å². The minimum Gasteiger partial charge on any atom is -0.850 e. The third-order valence-corrected chi connectivity index (χ3v) is 1.34. The molecule has 0 amide bonds. The van der Waals surface area contributed by atoms with E-state index in [2.05, 4.69) is 25.7 Å². The fraction of sp³-hybridized carbons (Fsp3) is 1.00. The van der Waals surface area contributed by atoms with Crippen LogP contribution in [-0.4, -0.2) is 30.1 Å². The molecule has 2 nitrogen and oxygen atoms in total. The smallest absolute Gasteiger partial charge is 0.850 e. The maximum Gasteiger partial charge on any atom is 1.00 e. The Morgan fingerprint density at radius 1 is 0.923 bits per heavy atom. The van der Waals surface area contributed by atoms with Crippen LogP contribution < -0.4 is 56.5 Å². The van der Waals surface area contributed by atoms with Crippen molar-refractivity contribution < 1.29 is 56.5 Å². The zero-order chi connectivity index (χ0) is 10.2. The van der Waals surface area contributed by atoms with Crippen molar-refractivity contribution in [3.63, 3.8) is 0 Å². The maximum atomic E-state index is 10.1. The fourth-order valence-corrected chi connectivity index (χ4v) is 0.671. The van der Waals surface area contributed by atoms with Crippen LogP contribution in [-0.2, 0) is 0 Å². The van der Waals surface area contributed by atoms with Gasteiger partial charge < -0.3 is 10.0 Å². The number of rotatable bonds is 3. The monoisotopic (exact) mass is 213 g/mol. The summed E-state index contributed by atoms with van der Waals surface area (Å²) in [7, 11) is 0. The molecule has 76 valence electrons. The zero-order valence-corrected chi connectivity index (χ0v) is 13.6. The molecule has 0 spiro atoms. The Bertz CT molecular complexity index is 75.9. The van der Waals surface area contributed by atoms with Crippen molar-refractivity contribution in [1.29, 1.82) is 0 Å². The summed E-state index contributed by atoms with van der Waals surface area (Å²) < 4.78 is 0. The molecule has 0 unspecified atom stereocenters. The second-order valence-corrected chi connectivity index (χ2v) is 3.73. The Hall–Kier alpha value is 1.56. The van der Waals surface area contributed by atoms with E-state index in [0.29, 0.717) is 0 Å². The van der Waals surface area contributed by atoms with Gasteiger partial charge >= 0.3 is 51.4 Å². The topological polar surface area (TPSA) is 26.3 Å². The molecule has 0 aromatic heterocycles. The molecule has 0 rings (SSSR count). The molecule has 3 heteroatoms. The third-order valence-electron chi connectivity index (χ3n) is 1.34. The van der Waals surface area contributed by atoms with Crippen LogP contribution in [0.1, 0.15) is 41.5 Å². The van der Waals surface area contributed by atoms with Crippen molar-refractivity contribution in [2.75, 3.05) is 19.6 Å². The second-order valence-electron chi connectivity index (χ2n) is 3.73. The van der Waals surface area contributed by atoms with Crippen LogP contribution in [0.25, 0.3) is 0 Å². The molecule has 0 aliphatic rings. The Morgan fingerprint density at radius 2 is 1.08 bits per heavy atom. The van der Waals surface area contributed by atoms with Gasteiger partial charge in [0.2, 0.25) is 0 Å². The quantitative estimate of drug-likeness (QED) is 0.533. The van der Waals surface area contributed by atoms with Crippen molar-refractivity contribution in [2.24, 2.45) is 0 Å². The van der Waals surface area contributed by atoms with Gasteiger partial charge in [0.15, 0.2) is 0 Å². The van der Waals surface area contributed by atoms with E-state index in [1.165, 1.54) is 19.6 Å². The minimum atomic E-state index is -0.750. The number of hydrogen-bond donors (Lipinski definition) is 0. The Kier molecular flexibility index (Phi) is 17.9. The Morgan fingerprint density at radius 3 is 1.08 bits per heavy atom. The summed E-state index contributed by atoms with van der Waals surface area (Å²) in [5, 5.41) is 10.1. The maximum absolute atomic E-state index is 10.1. The van der Waals surface area contributed by atoms with E-state index in [0.717, 1.165) is 0 Å². The molecule has 0 aromatic carbocycles. The molecule has 0 bridgehead atoms. The molecule has 13 heavy (non-hydrogen) atoms. The van der Waals surface area contributed by atoms with Gasteiger partial charge in [-0.15, -0.1) is 5.60 Å². The third kappa shape index (κ3) is 31.7. The van der Waals surface area contributed by atoms with E-state index >= 15 is 0 Å². The standard InChI is InChI=1S/C6H15N.C4H9O.K/c1-4-7(5-2)6-3;1-4(2,3)5;/h4-6H2,1-3H3;1-3H3;/q;-1;+1. The van der Waals surface area contributed by atoms with E-state index in [1.54, 1.807) is 20.8 Å². The van der Waals surface area contributed by atoms with Crippen molar-refractivity contribution >= 4 is 0 Å². The molecule has 0 N–H and O–H groups in total. The summed E-state index contributed by atoms with van der Waals surface area (Å²) in [4.78, 5) is 2.38. The first-order chi connectivity index (χ1) is 5.35. The molecular weight excluding hydrogens is 189 g/mol. The second kappa shape index (κ2) is 11.6. The van der Waals surface area contributed by atoms with E-state index in [-0.39, 0.29) is 51.4 Å². The molecule has 0 aromatic rings. The first-order valence-electron chi connectivity index (χ1n) is 4.77. The molecule has 0 aliphatic heterocycles. The van der Waals surface area contributed by atoms with Gasteiger partial charge in [-0.1, -0.05) is 41.5 Å². The van der Waals surface area contributed by atoms with Crippen LogP contribution >= 0.6 is 0 Å². The first-order valence-corrected chi connectivity index (χ1v) is 4.77. The summed E-state index contributed by atoms with van der Waals surface area (Å²) in [6.07, 6.45) is 0. The summed E-state index contributed by atoms with van der Waals surface area (Å²) in [5.74, 6) is 0. The summed E-state index contributed by atoms with van der Waals surface area (Å²) in [5.41, 5.74) is -0.750. The van der Waals surface area contributed by atoms with E-state index in [1.807, 2.05) is 0 Å². The van der Waals surface area contributed by atoms with Crippen LogP contribution in [0.3, 0.4) is 0 Å². The van der Waals surface area contributed by atoms with Gasteiger partial charge in [-0.2, -0.15) is 0 Å². The van der Waals surface area contributed by atoms with E-state index in [9.17, 15) is 5.11 Å². The summed E-state index contributed by atoms with van der Waals surface area (Å²) >= 11 is 0. The molecular formula is C10H24KNO. The largest absolute Gasteiger partial charge is 1.00 e. The average Bonchev–Trinajstić information content (AvgIpc) is 1.88. The predicted molar refractivity (Wildman–Crippen MR) is 53.2 cm³/mol. The molecule has 0 aliphatic carbocycles. The average molecular weight is 213 g/mol. The first kappa shape index (κ1) is 20.0. The molecule has 0 saturated carbocycles. The summed E-state index contributed by atoms with van der Waals surface area (Å²) in [6, 6.07) is 0. The van der Waals surface area contributed by atoms with Crippen molar-refractivity contribution in [3.05, 3.63) is 0 Å². The van der Waals surface area contributed by atoms with Crippen LogP contribution in [0.4, 0.5) is 0 Å². The van der Waals surface area contributed by atoms with Crippen LogP contribution in [0.2, 0.25) is 0 Å². The Labute approximate surface area is 127 Å². The fourth-order valence-electron chi connectivity index (χ4n) is 0.671. The molecule has 0 fully saturated rings. The van der Waals surface area contributed by atoms with Gasteiger partial charge in [-0.25, -0.2) is 0 Å². The van der Waals surface area contributed by atoms with Gasteiger partial charge in [0.05, 0.1) is 0 Å². The van der Waals surface area contributed by atoms with Crippen LogP contribution in [0, 0.1) is 0 Å². The predicted octanol–water partition coefficient (Wildman–Crippen LogP) is -1.50. The zero-order valence-electron chi connectivity index (χ0n) is 10.5. The van der Waals surface area contributed by atoms with Gasteiger partial charge in [0, 0.05) is 0 Å². The molecule has 0 radical (unpaired) electrons. The molecule has 0 atom stereocenters. The van der Waals surface area contributed by atoms with Crippen LogP contribution in [0.15, 0.2) is 0 Å². The van der Waals surface area contributed by atoms with Gasteiger partial charge in [0.1, 0.15) is 0 Å². The van der Waals surface area contributed by atoms with Crippen LogP contribution in [0.5, 0.6) is 0 Å². The van der Waals surface area contributed by atoms with E-state index < -0.39 is 5.60 Å². The van der Waals surface area contributed by atoms with Gasteiger partial charge in [0.25, 0.3) is 0 Å². The summed E-state index contributed by atoms with van der Waals surface area (Å²) in [6.45, 7) is 15.0. The minimum absolute atomic E-state index is 0. The Balaban J connectivity index is -0.000000150. The number of hydrogen-bond acceptors (Lipinski definition) is 2. The van der Waals surface area contributed by atoms with Crippen molar-refractivity contribution in [3.8, 4) is 0 Å². The van der Waals surface area contributed by atoms with E-state index in [4.69, 9.17) is 0 Å². The molecule has 0 heterocycles. The molecule has 0 saturated heterocycles. The van der Waals surface area contributed by atoms with Gasteiger partial charge in [-0.3, -0.25) is 0 Å². The SMILES string of the molecule is CC(C)(C)[O-].CCN(CC)CC.[K+]. The normalized spacial score (nSPS) is 10.2. The van der Waals surface area contributed by atoms with Gasteiger partial charge in [-0.05, 0) is 19.6 Å². The van der Waals surface area contributed by atoms with Crippen molar-refractivity contribution in [1.82, 2.24) is 4.90 Å². The number of nitrogens with zero attached hydrogens (tertiary/aromatic N) is 1.